The number of nitrogen functional groups attached to an aromatic ring is 1. The summed E-state index contributed by atoms with van der Waals surface area (Å²) in [5, 5.41) is 8.49. The van der Waals surface area contributed by atoms with Crippen LogP contribution in [0.1, 0.15) is 0 Å². The Hall–Kier alpha value is -3.43. The quantitative estimate of drug-likeness (QED) is 0.400. The zero-order valence-electron chi connectivity index (χ0n) is 16.0. The number of ether oxygens (including phenoxy) is 2. The van der Waals surface area contributed by atoms with Gasteiger partial charge in [-0.05, 0) is 12.1 Å². The molecule has 0 bridgehead atoms. The zero-order valence-corrected chi connectivity index (χ0v) is 17.5. The first-order valence-electron chi connectivity index (χ1n) is 8.54. The predicted octanol–water partition coefficient (Wildman–Crippen LogP) is 4.77. The Morgan fingerprint density at radius 1 is 0.967 bits per heavy atom. The maximum atomic E-state index is 12.5. The predicted molar refractivity (Wildman–Crippen MR) is 118 cm³/mol. The largest absolute Gasteiger partial charge is 0.495 e. The molecule has 3 aromatic rings. The highest BCUT2D eigenvalue weighted by Crippen LogP contribution is 2.44. The van der Waals surface area contributed by atoms with Gasteiger partial charge in [0.2, 0.25) is 0 Å². The molecular formula is C19H18Cl2N6O3. The average molecular weight is 449 g/mol. The van der Waals surface area contributed by atoms with E-state index in [1.54, 1.807) is 18.2 Å². The van der Waals surface area contributed by atoms with Gasteiger partial charge in [0, 0.05) is 12.1 Å². The zero-order chi connectivity index (χ0) is 21.7. The van der Waals surface area contributed by atoms with Crippen molar-refractivity contribution in [3.8, 4) is 11.5 Å². The van der Waals surface area contributed by atoms with Crippen LogP contribution in [0.15, 0.2) is 42.7 Å². The van der Waals surface area contributed by atoms with Crippen LogP contribution in [0.25, 0.3) is 0 Å². The summed E-state index contributed by atoms with van der Waals surface area (Å²) in [6.45, 7) is 0. The number of methoxy groups -OCH3 is 2. The van der Waals surface area contributed by atoms with Gasteiger partial charge in [0.15, 0.2) is 0 Å². The molecule has 30 heavy (non-hydrogen) atoms. The summed E-state index contributed by atoms with van der Waals surface area (Å²) < 4.78 is 10.4. The van der Waals surface area contributed by atoms with E-state index in [1.807, 2.05) is 12.1 Å². The minimum Gasteiger partial charge on any atom is -0.495 e. The van der Waals surface area contributed by atoms with Crippen molar-refractivity contribution in [1.29, 1.82) is 0 Å². The van der Waals surface area contributed by atoms with Crippen LogP contribution in [0.4, 0.5) is 33.5 Å². The Morgan fingerprint density at radius 2 is 1.60 bits per heavy atom. The standard InChI is InChI=1S/C19H18Cl2N6O3/c1-29-12-7-13(30-2)17(21)18(16(12)20)27-19(28)26-15-8-14(23-9-24-15)25-11-6-4-3-5-10(11)22/h3-9H,22H2,1-2H3,(H3,23,24,25,26,27,28). The van der Waals surface area contributed by atoms with Gasteiger partial charge >= 0.3 is 6.03 Å². The minimum atomic E-state index is -0.627. The molecule has 1 aromatic heterocycles. The van der Waals surface area contributed by atoms with Gasteiger partial charge in [0.1, 0.15) is 39.5 Å². The van der Waals surface area contributed by atoms with Crippen LogP contribution in [0, 0.1) is 0 Å². The van der Waals surface area contributed by atoms with Crippen LogP contribution in [-0.2, 0) is 0 Å². The normalized spacial score (nSPS) is 10.3. The molecule has 2 amide bonds. The van der Waals surface area contributed by atoms with E-state index in [2.05, 4.69) is 25.9 Å². The molecule has 0 aliphatic heterocycles. The molecule has 0 spiro atoms. The van der Waals surface area contributed by atoms with Crippen molar-refractivity contribution in [2.24, 2.45) is 0 Å². The van der Waals surface area contributed by atoms with Crippen LogP contribution in [0.5, 0.6) is 11.5 Å². The van der Waals surface area contributed by atoms with E-state index >= 15 is 0 Å². The van der Waals surface area contributed by atoms with Gasteiger partial charge < -0.3 is 25.8 Å². The second kappa shape index (κ2) is 9.38. The number of nitrogens with two attached hydrogens (primary N) is 1. The molecule has 11 heteroatoms. The molecule has 156 valence electrons. The SMILES string of the molecule is COc1cc(OC)c(Cl)c(NC(=O)Nc2cc(Nc3ccccc3N)ncn2)c1Cl. The monoisotopic (exact) mass is 448 g/mol. The second-order valence-corrected chi connectivity index (χ2v) is 6.62. The smallest absolute Gasteiger partial charge is 0.324 e. The maximum Gasteiger partial charge on any atom is 0.324 e. The van der Waals surface area contributed by atoms with Crippen molar-refractivity contribution in [1.82, 2.24) is 9.97 Å². The van der Waals surface area contributed by atoms with Crippen molar-refractivity contribution in [3.05, 3.63) is 52.8 Å². The topological polar surface area (TPSA) is 123 Å². The molecule has 0 saturated heterocycles. The van der Waals surface area contributed by atoms with Crippen LogP contribution in [-0.4, -0.2) is 30.2 Å². The van der Waals surface area contributed by atoms with Gasteiger partial charge in [0.25, 0.3) is 0 Å². The number of amides is 2. The van der Waals surface area contributed by atoms with Crippen LogP contribution >= 0.6 is 23.2 Å². The molecule has 1 heterocycles. The number of hydrogen-bond acceptors (Lipinski definition) is 7. The number of halogens is 2. The first-order valence-corrected chi connectivity index (χ1v) is 9.30. The lowest BCUT2D eigenvalue weighted by atomic mass is 10.2. The third kappa shape index (κ3) is 4.76. The summed E-state index contributed by atoms with van der Waals surface area (Å²) in [6.07, 6.45) is 1.30. The Balaban J connectivity index is 1.77. The van der Waals surface area contributed by atoms with E-state index in [-0.39, 0.29) is 21.6 Å². The number of hydrogen-bond donors (Lipinski definition) is 4. The highest BCUT2D eigenvalue weighted by molar-refractivity contribution is 6.41. The van der Waals surface area contributed by atoms with Gasteiger partial charge in [-0.2, -0.15) is 0 Å². The molecule has 0 unspecified atom stereocenters. The molecule has 0 fully saturated rings. The summed E-state index contributed by atoms with van der Waals surface area (Å²) in [6, 6.07) is 9.65. The Bertz CT molecular complexity index is 1050. The number of carbonyl (C=O) groups is 1. The Kier molecular flexibility index (Phi) is 6.65. The molecule has 0 aliphatic rings. The molecule has 0 aliphatic carbocycles. The third-order valence-electron chi connectivity index (χ3n) is 3.94. The van der Waals surface area contributed by atoms with E-state index < -0.39 is 6.03 Å². The van der Waals surface area contributed by atoms with Crippen LogP contribution < -0.4 is 31.2 Å². The maximum absolute atomic E-state index is 12.5. The molecule has 3 rings (SSSR count). The van der Waals surface area contributed by atoms with E-state index in [4.69, 9.17) is 38.4 Å². The number of benzene rings is 2. The fourth-order valence-corrected chi connectivity index (χ4v) is 3.09. The van der Waals surface area contributed by atoms with Gasteiger partial charge in [-0.25, -0.2) is 14.8 Å². The number of nitrogens with one attached hydrogen (secondary N) is 3. The van der Waals surface area contributed by atoms with Crippen molar-refractivity contribution in [2.75, 3.05) is 35.9 Å². The fourth-order valence-electron chi connectivity index (χ4n) is 2.50. The molecule has 5 N–H and O–H groups in total. The minimum absolute atomic E-state index is 0.128. The first-order chi connectivity index (χ1) is 14.4. The van der Waals surface area contributed by atoms with Crippen molar-refractivity contribution >= 4 is 57.9 Å². The lowest BCUT2D eigenvalue weighted by molar-refractivity contribution is 0.262. The van der Waals surface area contributed by atoms with Crippen molar-refractivity contribution < 1.29 is 14.3 Å². The van der Waals surface area contributed by atoms with Crippen molar-refractivity contribution in [2.45, 2.75) is 0 Å². The highest BCUT2D eigenvalue weighted by atomic mass is 35.5. The number of para-hydroxylation sites is 2. The second-order valence-electron chi connectivity index (χ2n) is 5.86. The van der Waals surface area contributed by atoms with E-state index in [1.165, 1.54) is 26.6 Å². The molecule has 9 nitrogen and oxygen atoms in total. The number of rotatable bonds is 6. The molecule has 0 saturated carbocycles. The number of nitrogens with zero attached hydrogens (tertiary/aromatic N) is 2. The van der Waals surface area contributed by atoms with Crippen molar-refractivity contribution in [3.63, 3.8) is 0 Å². The molecule has 2 aromatic carbocycles. The molecular weight excluding hydrogens is 431 g/mol. The summed E-state index contributed by atoms with van der Waals surface area (Å²) in [4.78, 5) is 20.6. The van der Waals surface area contributed by atoms with Gasteiger partial charge in [-0.1, -0.05) is 35.3 Å². The Morgan fingerprint density at radius 3 is 2.23 bits per heavy atom. The highest BCUT2D eigenvalue weighted by Gasteiger charge is 2.19. The Labute approximate surface area is 182 Å². The summed E-state index contributed by atoms with van der Waals surface area (Å²) in [7, 11) is 2.88. The number of aromatic nitrogens is 2. The molecule has 0 atom stereocenters. The fraction of sp³-hybridized carbons (Fsp3) is 0.105. The summed E-state index contributed by atoms with van der Waals surface area (Å²) >= 11 is 12.5. The van der Waals surface area contributed by atoms with Crippen LogP contribution in [0.2, 0.25) is 10.0 Å². The number of carbonyl (C=O) groups excluding carboxylic acids is 1. The summed E-state index contributed by atoms with van der Waals surface area (Å²) in [5.74, 6) is 1.27. The first kappa shape index (κ1) is 21.3. The summed E-state index contributed by atoms with van der Waals surface area (Å²) in [5.41, 5.74) is 7.28. The van der Waals surface area contributed by atoms with Crippen LogP contribution in [0.3, 0.4) is 0 Å². The molecule has 0 radical (unpaired) electrons. The number of urea groups is 1. The van der Waals surface area contributed by atoms with Gasteiger partial charge in [0.05, 0.1) is 31.3 Å². The van der Waals surface area contributed by atoms with E-state index in [9.17, 15) is 4.79 Å². The lowest BCUT2D eigenvalue weighted by Gasteiger charge is -2.15. The van der Waals surface area contributed by atoms with E-state index in [0.29, 0.717) is 28.7 Å². The third-order valence-corrected chi connectivity index (χ3v) is 4.69. The van der Waals surface area contributed by atoms with Gasteiger partial charge in [-0.15, -0.1) is 0 Å². The van der Waals surface area contributed by atoms with Gasteiger partial charge in [-0.3, -0.25) is 5.32 Å². The average Bonchev–Trinajstić information content (AvgIpc) is 2.73. The number of anilines is 5. The lowest BCUT2D eigenvalue weighted by Crippen LogP contribution is -2.21. The van der Waals surface area contributed by atoms with E-state index in [0.717, 1.165) is 0 Å².